The third-order valence-corrected chi connectivity index (χ3v) is 1.85. The van der Waals surface area contributed by atoms with Crippen molar-refractivity contribution >= 4 is 5.91 Å². The van der Waals surface area contributed by atoms with Crippen molar-refractivity contribution in [1.82, 2.24) is 4.90 Å². The van der Waals surface area contributed by atoms with Crippen molar-refractivity contribution in [2.45, 2.75) is 25.7 Å². The van der Waals surface area contributed by atoms with Gasteiger partial charge in [0.1, 0.15) is 0 Å². The van der Waals surface area contributed by atoms with Crippen LogP contribution in [-0.2, 0) is 4.79 Å². The highest BCUT2D eigenvalue weighted by molar-refractivity contribution is 5.79. The van der Waals surface area contributed by atoms with Crippen molar-refractivity contribution in [3.63, 3.8) is 0 Å². The maximum absolute atomic E-state index is 11.8. The summed E-state index contributed by atoms with van der Waals surface area (Å²) in [6, 6.07) is 0. The Kier molecular flexibility index (Phi) is 2.79. The summed E-state index contributed by atoms with van der Waals surface area (Å²) in [5, 5.41) is 0. The van der Waals surface area contributed by atoms with Crippen LogP contribution in [0.3, 0.4) is 0 Å². The van der Waals surface area contributed by atoms with Crippen LogP contribution >= 0.6 is 0 Å². The molecule has 0 aromatic heterocycles. The Morgan fingerprint density at radius 1 is 1.18 bits per heavy atom. The molecule has 1 aliphatic rings. The van der Waals surface area contributed by atoms with Gasteiger partial charge in [-0.3, -0.25) is 4.79 Å². The van der Waals surface area contributed by atoms with Crippen molar-refractivity contribution in [2.75, 3.05) is 13.1 Å². The lowest BCUT2D eigenvalue weighted by atomic mass is 10.1. The quantitative estimate of drug-likeness (QED) is 0.570. The van der Waals surface area contributed by atoms with Crippen LogP contribution in [0.25, 0.3) is 0 Å². The molecule has 0 aromatic rings. The molecule has 2 nitrogen and oxygen atoms in total. The first-order valence-corrected chi connectivity index (χ1v) is 3.79. The van der Waals surface area contributed by atoms with E-state index in [9.17, 15) is 13.6 Å². The van der Waals surface area contributed by atoms with Crippen molar-refractivity contribution in [3.05, 3.63) is 0 Å². The van der Waals surface area contributed by atoms with E-state index in [1.54, 1.807) is 0 Å². The maximum Gasteiger partial charge on any atom is 0.315 e. The summed E-state index contributed by atoms with van der Waals surface area (Å²) in [7, 11) is 0. The van der Waals surface area contributed by atoms with E-state index < -0.39 is 12.3 Å². The Morgan fingerprint density at radius 3 is 2.18 bits per heavy atom. The van der Waals surface area contributed by atoms with Crippen molar-refractivity contribution in [1.29, 1.82) is 0 Å². The Bertz CT molecular complexity index is 143. The van der Waals surface area contributed by atoms with Gasteiger partial charge in [-0.25, -0.2) is 0 Å². The number of amides is 1. The number of alkyl halides is 2. The minimum absolute atomic E-state index is 0.503. The zero-order chi connectivity index (χ0) is 8.27. The highest BCUT2D eigenvalue weighted by Crippen LogP contribution is 2.11. The minimum atomic E-state index is -2.83. The third kappa shape index (κ3) is 2.13. The van der Waals surface area contributed by atoms with E-state index >= 15 is 0 Å². The molecule has 1 heterocycles. The van der Waals surface area contributed by atoms with E-state index in [4.69, 9.17) is 0 Å². The molecule has 1 fully saturated rings. The fourth-order valence-corrected chi connectivity index (χ4v) is 1.25. The molecule has 0 N–H and O–H groups in total. The number of rotatable bonds is 1. The van der Waals surface area contributed by atoms with E-state index in [1.165, 1.54) is 4.90 Å². The number of carbonyl (C=O) groups excluding carboxylic acids is 1. The Labute approximate surface area is 64.2 Å². The lowest BCUT2D eigenvalue weighted by Crippen LogP contribution is -2.39. The van der Waals surface area contributed by atoms with E-state index in [0.29, 0.717) is 13.1 Å². The highest BCUT2D eigenvalue weighted by Gasteiger charge is 2.23. The van der Waals surface area contributed by atoms with Gasteiger partial charge in [-0.05, 0) is 19.3 Å². The Morgan fingerprint density at radius 2 is 1.73 bits per heavy atom. The van der Waals surface area contributed by atoms with Crippen LogP contribution in [0.5, 0.6) is 0 Å². The smallest absolute Gasteiger partial charge is 0.315 e. The van der Waals surface area contributed by atoms with Gasteiger partial charge in [-0.2, -0.15) is 8.78 Å². The first kappa shape index (κ1) is 8.43. The average molecular weight is 163 g/mol. The molecule has 0 spiro atoms. The van der Waals surface area contributed by atoms with Crippen LogP contribution in [0.1, 0.15) is 19.3 Å². The molecule has 1 amide bonds. The topological polar surface area (TPSA) is 20.3 Å². The second-order valence-corrected chi connectivity index (χ2v) is 2.69. The summed E-state index contributed by atoms with van der Waals surface area (Å²) in [5.74, 6) is -1.01. The fraction of sp³-hybridized carbons (Fsp3) is 0.857. The summed E-state index contributed by atoms with van der Waals surface area (Å²) in [6.07, 6.45) is -0.0580. The molecule has 0 atom stereocenters. The Balaban J connectivity index is 2.39. The summed E-state index contributed by atoms with van der Waals surface area (Å²) in [6.45, 7) is 1.01. The largest absolute Gasteiger partial charge is 0.338 e. The summed E-state index contributed by atoms with van der Waals surface area (Å²) >= 11 is 0. The number of piperidine rings is 1. The van der Waals surface area contributed by atoms with E-state index in [1.807, 2.05) is 0 Å². The van der Waals surface area contributed by atoms with Crippen LogP contribution in [0.4, 0.5) is 8.78 Å². The standard InChI is InChI=1S/C7H11F2NO/c8-6(9)7(11)10-4-2-1-3-5-10/h6H,1-5H2. The molecule has 11 heavy (non-hydrogen) atoms. The minimum Gasteiger partial charge on any atom is -0.338 e. The van der Waals surface area contributed by atoms with E-state index in [0.717, 1.165) is 19.3 Å². The molecule has 0 saturated carbocycles. The second-order valence-electron chi connectivity index (χ2n) is 2.69. The number of halogens is 2. The zero-order valence-corrected chi connectivity index (χ0v) is 6.22. The normalized spacial score (nSPS) is 19.0. The van der Waals surface area contributed by atoms with Gasteiger partial charge in [0.2, 0.25) is 0 Å². The molecule has 1 saturated heterocycles. The van der Waals surface area contributed by atoms with Gasteiger partial charge in [0.25, 0.3) is 5.91 Å². The van der Waals surface area contributed by atoms with E-state index in [-0.39, 0.29) is 0 Å². The molecule has 4 heteroatoms. The maximum atomic E-state index is 11.8. The Hall–Kier alpha value is -0.670. The van der Waals surface area contributed by atoms with Gasteiger partial charge in [0.15, 0.2) is 0 Å². The SMILES string of the molecule is O=C(C(F)F)N1CCCCC1. The predicted molar refractivity (Wildman–Crippen MR) is 36.4 cm³/mol. The average Bonchev–Trinajstić information content (AvgIpc) is 2.05. The summed E-state index contributed by atoms with van der Waals surface area (Å²) in [5.41, 5.74) is 0. The van der Waals surface area contributed by atoms with Gasteiger partial charge in [0, 0.05) is 13.1 Å². The van der Waals surface area contributed by atoms with E-state index in [2.05, 4.69) is 0 Å². The van der Waals surface area contributed by atoms with Crippen LogP contribution < -0.4 is 0 Å². The fourth-order valence-electron chi connectivity index (χ4n) is 1.25. The monoisotopic (exact) mass is 163 g/mol. The predicted octanol–water partition coefficient (Wildman–Crippen LogP) is 1.26. The molecule has 1 rings (SSSR count). The molecule has 64 valence electrons. The number of hydrogen-bond acceptors (Lipinski definition) is 1. The number of hydrogen-bond donors (Lipinski definition) is 0. The summed E-state index contributed by atoms with van der Waals surface area (Å²) in [4.78, 5) is 11.9. The second kappa shape index (κ2) is 3.64. The molecule has 1 aliphatic heterocycles. The molecule has 0 bridgehead atoms. The van der Waals surface area contributed by atoms with Gasteiger partial charge < -0.3 is 4.90 Å². The van der Waals surface area contributed by atoms with Crippen LogP contribution in [0.2, 0.25) is 0 Å². The molecule has 0 aliphatic carbocycles. The first-order valence-electron chi connectivity index (χ1n) is 3.79. The van der Waals surface area contributed by atoms with Crippen molar-refractivity contribution < 1.29 is 13.6 Å². The molecule has 0 aromatic carbocycles. The lowest BCUT2D eigenvalue weighted by molar-refractivity contribution is -0.143. The summed E-state index contributed by atoms with van der Waals surface area (Å²) < 4.78 is 23.6. The van der Waals surface area contributed by atoms with Crippen LogP contribution in [0.15, 0.2) is 0 Å². The van der Waals surface area contributed by atoms with Gasteiger partial charge in [0.05, 0.1) is 0 Å². The van der Waals surface area contributed by atoms with Crippen molar-refractivity contribution in [3.8, 4) is 0 Å². The molecule has 0 radical (unpaired) electrons. The number of carbonyl (C=O) groups is 1. The van der Waals surface area contributed by atoms with Crippen LogP contribution in [-0.4, -0.2) is 30.3 Å². The number of likely N-dealkylation sites (tertiary alicyclic amines) is 1. The lowest BCUT2D eigenvalue weighted by Gasteiger charge is -2.26. The van der Waals surface area contributed by atoms with Gasteiger partial charge >= 0.3 is 6.43 Å². The number of nitrogens with zero attached hydrogens (tertiary/aromatic N) is 1. The third-order valence-electron chi connectivity index (χ3n) is 1.85. The van der Waals surface area contributed by atoms with Gasteiger partial charge in [-0.15, -0.1) is 0 Å². The highest BCUT2D eigenvalue weighted by atomic mass is 19.3. The van der Waals surface area contributed by atoms with Gasteiger partial charge in [-0.1, -0.05) is 0 Å². The molecular weight excluding hydrogens is 152 g/mol. The molecular formula is C7H11F2NO. The van der Waals surface area contributed by atoms with Crippen LogP contribution in [0, 0.1) is 0 Å². The van der Waals surface area contributed by atoms with Crippen molar-refractivity contribution in [2.24, 2.45) is 0 Å². The first-order chi connectivity index (χ1) is 5.22. The zero-order valence-electron chi connectivity index (χ0n) is 6.22. The molecule has 0 unspecified atom stereocenters.